The topological polar surface area (TPSA) is 58.4 Å². The van der Waals surface area contributed by atoms with E-state index in [4.69, 9.17) is 0 Å². The molecule has 0 saturated heterocycles. The van der Waals surface area contributed by atoms with Crippen LogP contribution in [0.5, 0.6) is 0 Å². The van der Waals surface area contributed by atoms with Gasteiger partial charge in [0.25, 0.3) is 0 Å². The number of aliphatic hydroxyl groups excluding tert-OH is 1. The Balaban J connectivity index is 2.17. The van der Waals surface area contributed by atoms with Crippen LogP contribution in [-0.2, 0) is 13.2 Å². The highest BCUT2D eigenvalue weighted by Crippen LogP contribution is 2.31. The molecule has 0 saturated carbocycles. The Labute approximate surface area is 124 Å². The van der Waals surface area contributed by atoms with E-state index in [0.29, 0.717) is 6.54 Å². The summed E-state index contributed by atoms with van der Waals surface area (Å²) in [5.41, 5.74) is 5.12. The van der Waals surface area contributed by atoms with Crippen molar-refractivity contribution in [2.24, 2.45) is 4.99 Å². The molecule has 1 aliphatic heterocycles. The van der Waals surface area contributed by atoms with E-state index in [9.17, 15) is 5.11 Å². The zero-order chi connectivity index (χ0) is 13.4. The maximum atomic E-state index is 9.55. The first-order valence-electron chi connectivity index (χ1n) is 5.95. The van der Waals surface area contributed by atoms with E-state index < -0.39 is 0 Å². The molecule has 0 bridgehead atoms. The van der Waals surface area contributed by atoms with E-state index in [-0.39, 0.29) is 6.61 Å². The number of hydrogen-bond acceptors (Lipinski definition) is 4. The summed E-state index contributed by atoms with van der Waals surface area (Å²) in [7, 11) is 0. The van der Waals surface area contributed by atoms with Crippen molar-refractivity contribution in [3.05, 3.63) is 47.0 Å². The summed E-state index contributed by atoms with van der Waals surface area (Å²) in [6, 6.07) is 4.10. The maximum absolute atomic E-state index is 9.55. The first kappa shape index (κ1) is 12.7. The highest BCUT2D eigenvalue weighted by molar-refractivity contribution is 14.1. The number of aliphatic hydroxyl groups is 1. The lowest BCUT2D eigenvalue weighted by Gasteiger charge is -2.10. The predicted octanol–water partition coefficient (Wildman–Crippen LogP) is 2.64. The second-order valence-electron chi connectivity index (χ2n) is 4.45. The fraction of sp³-hybridized carbons (Fsp3) is 0.214. The lowest BCUT2D eigenvalue weighted by Crippen LogP contribution is -1.98. The van der Waals surface area contributed by atoms with Gasteiger partial charge in [-0.25, -0.2) is 9.97 Å². The summed E-state index contributed by atoms with van der Waals surface area (Å²) in [6.07, 6.45) is 3.59. The van der Waals surface area contributed by atoms with Crippen molar-refractivity contribution in [3.63, 3.8) is 0 Å². The third kappa shape index (κ3) is 2.28. The lowest BCUT2D eigenvalue weighted by atomic mass is 9.96. The van der Waals surface area contributed by atoms with E-state index in [1.807, 2.05) is 13.0 Å². The van der Waals surface area contributed by atoms with Crippen molar-refractivity contribution in [1.82, 2.24) is 9.97 Å². The van der Waals surface area contributed by atoms with Crippen LogP contribution < -0.4 is 0 Å². The molecule has 0 atom stereocenters. The third-order valence-corrected chi connectivity index (χ3v) is 4.12. The van der Waals surface area contributed by atoms with Gasteiger partial charge >= 0.3 is 0 Å². The van der Waals surface area contributed by atoms with Gasteiger partial charge in [0, 0.05) is 23.5 Å². The SMILES string of the molecule is Cc1ncc(-c2cc3c(cc2CO)CN=C3I)cn1. The van der Waals surface area contributed by atoms with E-state index in [2.05, 4.69) is 43.6 Å². The molecular formula is C14H12IN3O. The first-order chi connectivity index (χ1) is 9.19. The number of fused-ring (bicyclic) bond motifs is 1. The van der Waals surface area contributed by atoms with Crippen molar-refractivity contribution in [2.45, 2.75) is 20.1 Å². The summed E-state index contributed by atoms with van der Waals surface area (Å²) in [6.45, 7) is 2.56. The van der Waals surface area contributed by atoms with Gasteiger partial charge in [0.15, 0.2) is 0 Å². The molecule has 19 heavy (non-hydrogen) atoms. The van der Waals surface area contributed by atoms with Gasteiger partial charge in [-0.1, -0.05) is 6.07 Å². The van der Waals surface area contributed by atoms with Crippen LogP contribution in [0.2, 0.25) is 0 Å². The minimum absolute atomic E-state index is 0.00701. The van der Waals surface area contributed by atoms with Crippen LogP contribution in [0.15, 0.2) is 29.5 Å². The Kier molecular flexibility index (Phi) is 3.32. The van der Waals surface area contributed by atoms with E-state index in [0.717, 1.165) is 31.8 Å². The van der Waals surface area contributed by atoms with Crippen LogP contribution in [0.3, 0.4) is 0 Å². The summed E-state index contributed by atoms with van der Waals surface area (Å²) in [5, 5.41) is 9.55. The van der Waals surface area contributed by atoms with Gasteiger partial charge in [-0.15, -0.1) is 0 Å². The molecule has 0 unspecified atom stereocenters. The number of aryl methyl sites for hydroxylation is 1. The predicted molar refractivity (Wildman–Crippen MR) is 82.4 cm³/mol. The minimum atomic E-state index is 0.00701. The molecule has 4 nitrogen and oxygen atoms in total. The summed E-state index contributed by atoms with van der Waals surface area (Å²) < 4.78 is 1.02. The van der Waals surface area contributed by atoms with Crippen LogP contribution in [-0.4, -0.2) is 18.8 Å². The van der Waals surface area contributed by atoms with Crippen molar-refractivity contribution < 1.29 is 5.11 Å². The van der Waals surface area contributed by atoms with E-state index >= 15 is 0 Å². The molecule has 0 spiro atoms. The monoisotopic (exact) mass is 365 g/mol. The van der Waals surface area contributed by atoms with Crippen LogP contribution in [0.25, 0.3) is 11.1 Å². The average molecular weight is 365 g/mol. The lowest BCUT2D eigenvalue weighted by molar-refractivity contribution is 0.282. The Bertz CT molecular complexity index is 665. The molecule has 0 fully saturated rings. The highest BCUT2D eigenvalue weighted by Gasteiger charge is 2.17. The number of hydrogen-bond donors (Lipinski definition) is 1. The summed E-state index contributed by atoms with van der Waals surface area (Å²) in [4.78, 5) is 12.9. The molecule has 3 rings (SSSR count). The van der Waals surface area contributed by atoms with Crippen LogP contribution >= 0.6 is 22.6 Å². The maximum Gasteiger partial charge on any atom is 0.125 e. The third-order valence-electron chi connectivity index (χ3n) is 3.20. The smallest absolute Gasteiger partial charge is 0.125 e. The van der Waals surface area contributed by atoms with Gasteiger partial charge in [0.05, 0.1) is 13.2 Å². The van der Waals surface area contributed by atoms with E-state index in [1.54, 1.807) is 12.4 Å². The summed E-state index contributed by atoms with van der Waals surface area (Å²) in [5.74, 6) is 0.742. The van der Waals surface area contributed by atoms with Gasteiger partial charge in [0.2, 0.25) is 0 Å². The number of aromatic nitrogens is 2. The standard InChI is InChI=1S/C14H12IN3O/c1-8-16-5-11(6-17-8)12-3-13-9(2-10(12)7-19)4-18-14(13)15/h2-3,5-6,19H,4,7H2,1H3. The van der Waals surface area contributed by atoms with Gasteiger partial charge in [0.1, 0.15) is 9.54 Å². The molecular weight excluding hydrogens is 353 g/mol. The highest BCUT2D eigenvalue weighted by atomic mass is 127. The number of rotatable bonds is 2. The van der Waals surface area contributed by atoms with Crippen LogP contribution in [0.4, 0.5) is 0 Å². The number of benzene rings is 1. The van der Waals surface area contributed by atoms with Crippen molar-refractivity contribution in [2.75, 3.05) is 0 Å². The van der Waals surface area contributed by atoms with Crippen LogP contribution in [0.1, 0.15) is 22.5 Å². The number of halogens is 1. The van der Waals surface area contributed by atoms with Gasteiger partial charge in [-0.05, 0) is 52.3 Å². The molecule has 2 heterocycles. The van der Waals surface area contributed by atoms with Gasteiger partial charge in [-0.3, -0.25) is 4.99 Å². The quantitative estimate of drug-likeness (QED) is 0.833. The fourth-order valence-electron chi connectivity index (χ4n) is 2.19. The van der Waals surface area contributed by atoms with Crippen LogP contribution in [0, 0.1) is 6.92 Å². The summed E-state index contributed by atoms with van der Waals surface area (Å²) >= 11 is 2.24. The normalized spacial score (nSPS) is 13.3. The Morgan fingerprint density at radius 1 is 1.21 bits per heavy atom. The molecule has 1 aromatic heterocycles. The molecule has 96 valence electrons. The second-order valence-corrected chi connectivity index (χ2v) is 5.47. The molecule has 1 N–H and O–H groups in total. The molecule has 0 amide bonds. The molecule has 0 radical (unpaired) electrons. The van der Waals surface area contributed by atoms with Crippen molar-refractivity contribution >= 4 is 26.3 Å². The Morgan fingerprint density at radius 2 is 1.95 bits per heavy atom. The molecule has 1 aromatic carbocycles. The average Bonchev–Trinajstić information content (AvgIpc) is 2.79. The molecule has 1 aliphatic rings. The second kappa shape index (κ2) is 4.97. The zero-order valence-corrected chi connectivity index (χ0v) is 12.5. The Hall–Kier alpha value is -1.34. The largest absolute Gasteiger partial charge is 0.392 e. The number of nitrogens with zero attached hydrogens (tertiary/aromatic N) is 3. The first-order valence-corrected chi connectivity index (χ1v) is 7.03. The Morgan fingerprint density at radius 3 is 2.63 bits per heavy atom. The zero-order valence-electron chi connectivity index (χ0n) is 10.4. The molecule has 0 aliphatic carbocycles. The van der Waals surface area contributed by atoms with E-state index in [1.165, 1.54) is 5.56 Å². The van der Waals surface area contributed by atoms with Gasteiger partial charge in [-0.2, -0.15) is 0 Å². The minimum Gasteiger partial charge on any atom is -0.392 e. The number of aliphatic imine (C=N–C) groups is 1. The fourth-order valence-corrected chi connectivity index (χ4v) is 2.86. The van der Waals surface area contributed by atoms with Crippen molar-refractivity contribution in [3.8, 4) is 11.1 Å². The molecule has 5 heteroatoms. The van der Waals surface area contributed by atoms with Gasteiger partial charge < -0.3 is 5.11 Å². The van der Waals surface area contributed by atoms with Crippen molar-refractivity contribution in [1.29, 1.82) is 0 Å². The molecule has 2 aromatic rings.